The molecule has 0 fully saturated rings. The summed E-state index contributed by atoms with van der Waals surface area (Å²) in [6.45, 7) is 0. The Bertz CT molecular complexity index is 858. The second-order valence-corrected chi connectivity index (χ2v) is 4.59. The fraction of sp³-hybridized carbons (Fsp3) is 0. The third-order valence-electron chi connectivity index (χ3n) is 3.11. The Morgan fingerprint density at radius 2 is 1.91 bits per heavy atom. The second kappa shape index (κ2) is 5.40. The van der Waals surface area contributed by atoms with Crippen molar-refractivity contribution >= 4 is 5.97 Å². The van der Waals surface area contributed by atoms with Crippen LogP contribution in [0.3, 0.4) is 0 Å². The predicted molar refractivity (Wildman–Crippen MR) is 74.3 cm³/mol. The first kappa shape index (κ1) is 13.9. The van der Waals surface area contributed by atoms with Crippen molar-refractivity contribution in [1.29, 1.82) is 0 Å². The maximum Gasteiger partial charge on any atom is 0.335 e. The molecule has 0 unspecified atom stereocenters. The van der Waals surface area contributed by atoms with Crippen LogP contribution in [0.5, 0.6) is 0 Å². The van der Waals surface area contributed by atoms with Crippen molar-refractivity contribution in [2.45, 2.75) is 0 Å². The van der Waals surface area contributed by atoms with Gasteiger partial charge in [0.15, 0.2) is 5.76 Å². The molecule has 110 valence electrons. The van der Waals surface area contributed by atoms with Gasteiger partial charge in [-0.1, -0.05) is 17.3 Å². The lowest BCUT2D eigenvalue weighted by Crippen LogP contribution is -1.95. The van der Waals surface area contributed by atoms with Crippen LogP contribution in [0.15, 0.2) is 53.1 Å². The lowest BCUT2D eigenvalue weighted by Gasteiger charge is -1.98. The van der Waals surface area contributed by atoms with E-state index < -0.39 is 17.6 Å². The van der Waals surface area contributed by atoms with Crippen molar-refractivity contribution in [1.82, 2.24) is 5.16 Å². The van der Waals surface area contributed by atoms with Gasteiger partial charge in [-0.05, 0) is 24.3 Å². The van der Waals surface area contributed by atoms with Crippen molar-refractivity contribution < 1.29 is 23.2 Å². The van der Waals surface area contributed by atoms with Gasteiger partial charge in [0.05, 0.1) is 11.1 Å². The third-order valence-corrected chi connectivity index (χ3v) is 3.11. The molecule has 0 aliphatic rings. The Balaban J connectivity index is 2.00. The van der Waals surface area contributed by atoms with Crippen LogP contribution < -0.4 is 0 Å². The summed E-state index contributed by atoms with van der Waals surface area (Å²) >= 11 is 0. The van der Waals surface area contributed by atoms with Crippen LogP contribution in [-0.4, -0.2) is 16.2 Å². The van der Waals surface area contributed by atoms with Crippen LogP contribution in [0.2, 0.25) is 0 Å². The zero-order chi connectivity index (χ0) is 15.7. The van der Waals surface area contributed by atoms with Crippen molar-refractivity contribution in [3.63, 3.8) is 0 Å². The van der Waals surface area contributed by atoms with E-state index in [1.54, 1.807) is 12.1 Å². The van der Waals surface area contributed by atoms with Crippen LogP contribution in [0.1, 0.15) is 10.4 Å². The van der Waals surface area contributed by atoms with Gasteiger partial charge in [0.1, 0.15) is 17.3 Å². The number of carboxylic acid groups (broad SMARTS) is 1. The lowest BCUT2D eigenvalue weighted by atomic mass is 10.1. The Labute approximate surface area is 123 Å². The molecule has 0 atom stereocenters. The zero-order valence-corrected chi connectivity index (χ0v) is 11.1. The normalized spacial score (nSPS) is 10.6. The highest BCUT2D eigenvalue weighted by atomic mass is 19.1. The van der Waals surface area contributed by atoms with E-state index in [2.05, 4.69) is 5.16 Å². The van der Waals surface area contributed by atoms with Crippen LogP contribution in [-0.2, 0) is 0 Å². The number of hydrogen-bond acceptors (Lipinski definition) is 3. The number of benzene rings is 2. The minimum Gasteiger partial charge on any atom is -0.478 e. The molecule has 2 aromatic carbocycles. The van der Waals surface area contributed by atoms with E-state index in [-0.39, 0.29) is 16.9 Å². The molecule has 6 heteroatoms. The van der Waals surface area contributed by atoms with Gasteiger partial charge in [0, 0.05) is 17.7 Å². The van der Waals surface area contributed by atoms with Crippen molar-refractivity contribution in [3.8, 4) is 22.6 Å². The summed E-state index contributed by atoms with van der Waals surface area (Å²) in [5.74, 6) is -2.37. The predicted octanol–water partition coefficient (Wildman–Crippen LogP) is 3.99. The summed E-state index contributed by atoms with van der Waals surface area (Å²) in [5, 5.41) is 12.8. The minimum atomic E-state index is -1.06. The second-order valence-electron chi connectivity index (χ2n) is 4.59. The molecule has 3 rings (SSSR count). The number of nitrogens with zero attached hydrogens (tertiary/aromatic N) is 1. The highest BCUT2D eigenvalue weighted by molar-refractivity contribution is 5.89. The first-order valence-corrected chi connectivity index (χ1v) is 6.30. The summed E-state index contributed by atoms with van der Waals surface area (Å²) in [6, 6.07) is 10.7. The van der Waals surface area contributed by atoms with Crippen LogP contribution in [0, 0.1) is 11.6 Å². The number of carbonyl (C=O) groups is 1. The first-order chi connectivity index (χ1) is 10.5. The molecule has 0 amide bonds. The summed E-state index contributed by atoms with van der Waals surface area (Å²) in [6.07, 6.45) is 0. The van der Waals surface area contributed by atoms with Gasteiger partial charge in [-0.2, -0.15) is 0 Å². The summed E-state index contributed by atoms with van der Waals surface area (Å²) < 4.78 is 31.7. The van der Waals surface area contributed by atoms with E-state index in [4.69, 9.17) is 9.63 Å². The number of hydrogen-bond donors (Lipinski definition) is 1. The molecule has 22 heavy (non-hydrogen) atoms. The fourth-order valence-electron chi connectivity index (χ4n) is 2.04. The fourth-order valence-corrected chi connectivity index (χ4v) is 2.04. The average molecular weight is 301 g/mol. The monoisotopic (exact) mass is 301 g/mol. The van der Waals surface area contributed by atoms with Crippen molar-refractivity contribution in [2.75, 3.05) is 0 Å². The summed E-state index contributed by atoms with van der Waals surface area (Å²) in [7, 11) is 0. The summed E-state index contributed by atoms with van der Waals surface area (Å²) in [5.41, 5.74) is 1.07. The first-order valence-electron chi connectivity index (χ1n) is 6.30. The Kier molecular flexibility index (Phi) is 3.42. The molecule has 1 N–H and O–H groups in total. The molecule has 0 saturated carbocycles. The van der Waals surface area contributed by atoms with Gasteiger partial charge in [-0.3, -0.25) is 0 Å². The van der Waals surface area contributed by atoms with Crippen LogP contribution >= 0.6 is 0 Å². The van der Waals surface area contributed by atoms with Crippen LogP contribution in [0.4, 0.5) is 8.78 Å². The zero-order valence-electron chi connectivity index (χ0n) is 11.1. The van der Waals surface area contributed by atoms with Gasteiger partial charge < -0.3 is 9.63 Å². The van der Waals surface area contributed by atoms with Gasteiger partial charge in [0.2, 0.25) is 0 Å². The smallest absolute Gasteiger partial charge is 0.335 e. The Morgan fingerprint density at radius 3 is 2.64 bits per heavy atom. The molecular weight excluding hydrogens is 292 g/mol. The molecule has 0 aliphatic heterocycles. The van der Waals surface area contributed by atoms with Crippen molar-refractivity contribution in [3.05, 3.63) is 65.7 Å². The van der Waals surface area contributed by atoms with E-state index in [0.29, 0.717) is 11.3 Å². The third kappa shape index (κ3) is 2.58. The molecule has 0 radical (unpaired) electrons. The lowest BCUT2D eigenvalue weighted by molar-refractivity contribution is 0.0697. The van der Waals surface area contributed by atoms with Gasteiger partial charge in [0.25, 0.3) is 0 Å². The molecule has 1 heterocycles. The quantitative estimate of drug-likeness (QED) is 0.794. The summed E-state index contributed by atoms with van der Waals surface area (Å²) in [4.78, 5) is 11.0. The van der Waals surface area contributed by atoms with Gasteiger partial charge in [-0.25, -0.2) is 13.6 Å². The maximum absolute atomic E-state index is 13.7. The molecule has 0 bridgehead atoms. The topological polar surface area (TPSA) is 63.3 Å². The number of aromatic nitrogens is 1. The van der Waals surface area contributed by atoms with Crippen LogP contribution in [0.25, 0.3) is 22.6 Å². The SMILES string of the molecule is O=C(O)c1cccc(-c2cc(-c3ccc(F)cc3F)on2)c1. The van der Waals surface area contributed by atoms with E-state index >= 15 is 0 Å². The number of halogens is 2. The van der Waals surface area contributed by atoms with E-state index in [1.165, 1.54) is 24.3 Å². The number of carboxylic acids is 1. The highest BCUT2D eigenvalue weighted by Gasteiger charge is 2.14. The molecular formula is C16H9F2NO3. The van der Waals surface area contributed by atoms with E-state index in [1.807, 2.05) is 0 Å². The molecule has 3 aromatic rings. The Hall–Kier alpha value is -3.02. The maximum atomic E-state index is 13.7. The molecule has 0 saturated heterocycles. The van der Waals surface area contributed by atoms with E-state index in [0.717, 1.165) is 12.1 Å². The molecule has 1 aromatic heterocycles. The van der Waals surface area contributed by atoms with Gasteiger partial charge in [-0.15, -0.1) is 0 Å². The number of aromatic carboxylic acids is 1. The Morgan fingerprint density at radius 1 is 1.09 bits per heavy atom. The molecule has 0 aliphatic carbocycles. The van der Waals surface area contributed by atoms with Gasteiger partial charge >= 0.3 is 5.97 Å². The molecule has 4 nitrogen and oxygen atoms in total. The standard InChI is InChI=1S/C16H9F2NO3/c17-11-4-5-12(13(18)7-11)15-8-14(19-22-15)9-2-1-3-10(6-9)16(20)21/h1-8H,(H,20,21). The molecule has 0 spiro atoms. The minimum absolute atomic E-state index is 0.0783. The largest absolute Gasteiger partial charge is 0.478 e. The average Bonchev–Trinajstić information content (AvgIpc) is 2.97. The van der Waals surface area contributed by atoms with E-state index in [9.17, 15) is 13.6 Å². The highest BCUT2D eigenvalue weighted by Crippen LogP contribution is 2.28. The van der Waals surface area contributed by atoms with Crippen molar-refractivity contribution in [2.24, 2.45) is 0 Å². The number of rotatable bonds is 3.